The highest BCUT2D eigenvalue weighted by molar-refractivity contribution is 8.14. The molecule has 0 fully saturated rings. The molecule has 1 aliphatic rings. The van der Waals surface area contributed by atoms with E-state index in [0.29, 0.717) is 17.1 Å². The Balaban J connectivity index is 0.00000147. The molecule has 1 aromatic carbocycles. The summed E-state index contributed by atoms with van der Waals surface area (Å²) in [4.78, 5) is 16.9. The Labute approximate surface area is 134 Å². The summed E-state index contributed by atoms with van der Waals surface area (Å²) in [5, 5.41) is 7.55. The number of amidine groups is 1. The van der Waals surface area contributed by atoms with Crippen LogP contribution in [0.3, 0.4) is 0 Å². The Morgan fingerprint density at radius 3 is 3.05 bits per heavy atom. The van der Waals surface area contributed by atoms with Gasteiger partial charge in [-0.15, -0.1) is 0 Å². The zero-order chi connectivity index (χ0) is 13.4. The van der Waals surface area contributed by atoms with Crippen molar-refractivity contribution in [3.05, 3.63) is 34.6 Å². The largest absolute Gasteiger partial charge is 1.00 e. The molecule has 5 nitrogen and oxygen atoms in total. The van der Waals surface area contributed by atoms with E-state index in [4.69, 9.17) is 11.1 Å². The Hall–Kier alpha value is -0.990. The van der Waals surface area contributed by atoms with E-state index in [1.165, 1.54) is 11.8 Å². The van der Waals surface area contributed by atoms with Gasteiger partial charge in [-0.05, 0) is 23.9 Å². The van der Waals surface area contributed by atoms with Crippen molar-refractivity contribution in [1.82, 2.24) is 9.55 Å². The maximum atomic E-state index is 12.4. The van der Waals surface area contributed by atoms with Gasteiger partial charge < -0.3 is 17.0 Å². The van der Waals surface area contributed by atoms with E-state index in [9.17, 15) is 4.79 Å². The fraction of sp³-hybridized carbons (Fsp3) is 0.250. The SMILES string of the molecule is NC(=[NH2+])SCC1Cn2c(nc3ccccc3c2=O)S1.[Br-]. The number of fused-ring (bicyclic) bond motifs is 2. The van der Waals surface area contributed by atoms with Gasteiger partial charge in [0.1, 0.15) is 0 Å². The van der Waals surface area contributed by atoms with Crippen molar-refractivity contribution in [2.24, 2.45) is 5.73 Å². The molecule has 0 spiro atoms. The summed E-state index contributed by atoms with van der Waals surface area (Å²) in [5.41, 5.74) is 6.24. The Morgan fingerprint density at radius 2 is 2.30 bits per heavy atom. The second-order valence-corrected chi connectivity index (χ2v) is 6.64. The van der Waals surface area contributed by atoms with Crippen LogP contribution in [0, 0.1) is 0 Å². The number of rotatable bonds is 2. The second-order valence-electron chi connectivity index (χ2n) is 4.28. The number of benzene rings is 1. The zero-order valence-electron chi connectivity index (χ0n) is 10.5. The summed E-state index contributed by atoms with van der Waals surface area (Å²) in [6.07, 6.45) is 0. The van der Waals surface area contributed by atoms with Crippen molar-refractivity contribution in [2.75, 3.05) is 5.75 Å². The van der Waals surface area contributed by atoms with Gasteiger partial charge in [0.25, 0.3) is 10.7 Å². The first-order valence-electron chi connectivity index (χ1n) is 5.82. The van der Waals surface area contributed by atoms with Crippen molar-refractivity contribution >= 4 is 39.6 Å². The summed E-state index contributed by atoms with van der Waals surface area (Å²) < 4.78 is 1.74. The highest BCUT2D eigenvalue weighted by Gasteiger charge is 2.26. The third-order valence-electron chi connectivity index (χ3n) is 2.92. The van der Waals surface area contributed by atoms with Crippen LogP contribution in [0.15, 0.2) is 34.2 Å². The molecule has 0 radical (unpaired) electrons. The lowest BCUT2D eigenvalue weighted by atomic mass is 10.2. The number of halogens is 1. The highest BCUT2D eigenvalue weighted by atomic mass is 79.9. The van der Waals surface area contributed by atoms with E-state index in [2.05, 4.69) is 4.98 Å². The van der Waals surface area contributed by atoms with Gasteiger partial charge in [-0.3, -0.25) is 20.5 Å². The van der Waals surface area contributed by atoms with Gasteiger partial charge in [0.05, 0.1) is 10.9 Å². The molecule has 106 valence electrons. The number of nitrogens with two attached hydrogens (primary N) is 2. The number of para-hydroxylation sites is 1. The lowest BCUT2D eigenvalue weighted by Crippen LogP contribution is -3.00. The fourth-order valence-electron chi connectivity index (χ4n) is 2.06. The first-order valence-corrected chi connectivity index (χ1v) is 7.68. The monoisotopic (exact) mass is 372 g/mol. The van der Waals surface area contributed by atoms with Crippen molar-refractivity contribution in [2.45, 2.75) is 17.0 Å². The Morgan fingerprint density at radius 1 is 1.55 bits per heavy atom. The van der Waals surface area contributed by atoms with Gasteiger partial charge in [-0.25, -0.2) is 4.98 Å². The van der Waals surface area contributed by atoms with Gasteiger partial charge >= 0.3 is 0 Å². The quantitative estimate of drug-likeness (QED) is 0.327. The third-order valence-corrected chi connectivity index (χ3v) is 5.21. The van der Waals surface area contributed by atoms with E-state index < -0.39 is 0 Å². The van der Waals surface area contributed by atoms with Crippen molar-refractivity contribution < 1.29 is 22.4 Å². The number of nitrogens with zero attached hydrogens (tertiary/aromatic N) is 2. The van der Waals surface area contributed by atoms with Crippen molar-refractivity contribution in [3.63, 3.8) is 0 Å². The molecule has 1 aromatic heterocycles. The molecule has 1 unspecified atom stereocenters. The molecule has 3 rings (SSSR count). The van der Waals surface area contributed by atoms with Gasteiger partial charge in [0, 0.05) is 17.5 Å². The average Bonchev–Trinajstić information content (AvgIpc) is 2.80. The number of aromatic nitrogens is 2. The molecule has 4 N–H and O–H groups in total. The summed E-state index contributed by atoms with van der Waals surface area (Å²) in [6.45, 7) is 0.664. The number of hydrogen-bond donors (Lipinski definition) is 2. The van der Waals surface area contributed by atoms with Gasteiger partial charge in [-0.2, -0.15) is 0 Å². The lowest BCUT2D eigenvalue weighted by Gasteiger charge is -2.03. The van der Waals surface area contributed by atoms with E-state index >= 15 is 0 Å². The molecule has 20 heavy (non-hydrogen) atoms. The summed E-state index contributed by atoms with van der Waals surface area (Å²) in [7, 11) is 0. The molecule has 2 heterocycles. The average molecular weight is 373 g/mol. The van der Waals surface area contributed by atoms with Crippen LogP contribution < -0.4 is 33.7 Å². The summed E-state index contributed by atoms with van der Waals surface area (Å²) in [5.74, 6) is 0.784. The van der Waals surface area contributed by atoms with Crippen LogP contribution in [0.2, 0.25) is 0 Å². The highest BCUT2D eigenvalue weighted by Crippen LogP contribution is 2.31. The molecule has 1 atom stereocenters. The molecular formula is C12H13BrN4OS2. The Bertz CT molecular complexity index is 718. The smallest absolute Gasteiger partial charge is 0.299 e. The lowest BCUT2D eigenvalue weighted by molar-refractivity contribution is -0.110. The molecule has 0 saturated heterocycles. The second kappa shape index (κ2) is 6.19. The van der Waals surface area contributed by atoms with Crippen LogP contribution in [-0.2, 0) is 6.54 Å². The predicted molar refractivity (Wildman–Crippen MR) is 79.2 cm³/mol. The standard InChI is InChI=1S/C12H12N4OS2.BrH/c13-11(14)18-6-7-5-16-10(17)8-3-1-2-4-9(8)15-12(16)19-7;/h1-4,7H,5-6H2,(H3,13,14);1H. The minimum atomic E-state index is 0. The van der Waals surface area contributed by atoms with Crippen molar-refractivity contribution in [3.8, 4) is 0 Å². The van der Waals surface area contributed by atoms with E-state index in [1.54, 1.807) is 16.3 Å². The zero-order valence-corrected chi connectivity index (χ0v) is 13.7. The predicted octanol–water partition coefficient (Wildman–Crippen LogP) is -3.32. The third kappa shape index (κ3) is 2.87. The number of hydrogen-bond acceptors (Lipinski definition) is 4. The molecule has 0 aliphatic carbocycles. The van der Waals surface area contributed by atoms with E-state index in [0.717, 1.165) is 16.4 Å². The van der Waals surface area contributed by atoms with Crippen LogP contribution in [0.5, 0.6) is 0 Å². The van der Waals surface area contributed by atoms with E-state index in [-0.39, 0.29) is 27.8 Å². The summed E-state index contributed by atoms with van der Waals surface area (Å²) >= 11 is 3.03. The fourth-order valence-corrected chi connectivity index (χ4v) is 3.98. The molecule has 0 saturated carbocycles. The molecular weight excluding hydrogens is 360 g/mol. The summed E-state index contributed by atoms with van der Waals surface area (Å²) in [6, 6.07) is 7.43. The van der Waals surface area contributed by atoms with Gasteiger partial charge in [0.15, 0.2) is 5.16 Å². The van der Waals surface area contributed by atoms with Crippen LogP contribution in [0.1, 0.15) is 0 Å². The van der Waals surface area contributed by atoms with Crippen molar-refractivity contribution in [1.29, 1.82) is 0 Å². The normalized spacial score (nSPS) is 16.7. The molecule has 0 amide bonds. The number of thioether (sulfide) groups is 2. The van der Waals surface area contributed by atoms with Gasteiger partial charge in [0.2, 0.25) is 0 Å². The maximum absolute atomic E-state index is 12.4. The van der Waals surface area contributed by atoms with Gasteiger partial charge in [-0.1, -0.05) is 23.9 Å². The first-order chi connectivity index (χ1) is 9.15. The molecule has 8 heteroatoms. The van der Waals surface area contributed by atoms with Crippen LogP contribution in [0.4, 0.5) is 0 Å². The van der Waals surface area contributed by atoms with Crippen LogP contribution >= 0.6 is 23.5 Å². The molecule has 1 aliphatic heterocycles. The maximum Gasteiger partial charge on any atom is 0.299 e. The minimum Gasteiger partial charge on any atom is -1.00 e. The van der Waals surface area contributed by atoms with Crippen LogP contribution in [0.25, 0.3) is 10.9 Å². The molecule has 2 aromatic rings. The minimum absolute atomic E-state index is 0. The molecule has 0 bridgehead atoms. The first kappa shape index (κ1) is 15.4. The topological polar surface area (TPSA) is 86.5 Å². The Kier molecular flexibility index (Phi) is 4.77. The van der Waals surface area contributed by atoms with E-state index in [1.807, 2.05) is 24.3 Å². The van der Waals surface area contributed by atoms with Crippen LogP contribution in [-0.4, -0.2) is 25.7 Å².